The van der Waals surface area contributed by atoms with Crippen LogP contribution in [0.1, 0.15) is 18.9 Å². The second kappa shape index (κ2) is 6.00. The zero-order chi connectivity index (χ0) is 14.8. The van der Waals surface area contributed by atoms with Gasteiger partial charge in [0.1, 0.15) is 5.82 Å². The first-order valence-corrected chi connectivity index (χ1v) is 7.64. The van der Waals surface area contributed by atoms with Gasteiger partial charge in [-0.1, -0.05) is 18.2 Å². The van der Waals surface area contributed by atoms with Gasteiger partial charge in [0.15, 0.2) is 0 Å². The summed E-state index contributed by atoms with van der Waals surface area (Å²) in [5.74, 6) is 1.35. The molecular weight excluding hydrogens is 262 g/mol. The number of aromatic nitrogens is 1. The van der Waals surface area contributed by atoms with Gasteiger partial charge in [0.25, 0.3) is 0 Å². The predicted octanol–water partition coefficient (Wildman–Crippen LogP) is 2.48. The number of pyridine rings is 1. The second-order valence-corrected chi connectivity index (χ2v) is 5.96. The lowest BCUT2D eigenvalue weighted by Crippen LogP contribution is -2.24. The Balaban J connectivity index is 1.83. The van der Waals surface area contributed by atoms with E-state index in [-0.39, 0.29) is 6.10 Å². The normalized spacial score (nSPS) is 20.8. The van der Waals surface area contributed by atoms with E-state index in [4.69, 9.17) is 4.98 Å². The van der Waals surface area contributed by atoms with Crippen molar-refractivity contribution in [2.75, 3.05) is 25.5 Å². The van der Waals surface area contributed by atoms with E-state index < -0.39 is 0 Å². The van der Waals surface area contributed by atoms with Crippen molar-refractivity contribution < 1.29 is 5.11 Å². The fraction of sp³-hybridized carbons (Fsp3) is 0.471. The SMILES string of the molecule is CNc1nc2ccccc2cc1CN1CCC(C(C)O)C1. The number of benzene rings is 1. The Morgan fingerprint density at radius 3 is 2.95 bits per heavy atom. The topological polar surface area (TPSA) is 48.4 Å². The third kappa shape index (κ3) is 3.01. The minimum Gasteiger partial charge on any atom is -0.393 e. The van der Waals surface area contributed by atoms with Crippen LogP contribution in [0.15, 0.2) is 30.3 Å². The maximum atomic E-state index is 9.73. The Morgan fingerprint density at radius 2 is 2.24 bits per heavy atom. The van der Waals surface area contributed by atoms with E-state index in [1.165, 1.54) is 10.9 Å². The highest BCUT2D eigenvalue weighted by Crippen LogP contribution is 2.25. The van der Waals surface area contributed by atoms with Crippen molar-refractivity contribution in [3.05, 3.63) is 35.9 Å². The Morgan fingerprint density at radius 1 is 1.43 bits per heavy atom. The fourth-order valence-corrected chi connectivity index (χ4v) is 3.14. The Labute approximate surface area is 125 Å². The summed E-state index contributed by atoms with van der Waals surface area (Å²) in [4.78, 5) is 7.11. The van der Waals surface area contributed by atoms with Gasteiger partial charge < -0.3 is 10.4 Å². The van der Waals surface area contributed by atoms with E-state index >= 15 is 0 Å². The van der Waals surface area contributed by atoms with E-state index in [2.05, 4.69) is 22.3 Å². The molecule has 2 heterocycles. The van der Waals surface area contributed by atoms with Crippen molar-refractivity contribution in [2.45, 2.75) is 26.0 Å². The zero-order valence-corrected chi connectivity index (χ0v) is 12.7. The number of hydrogen-bond acceptors (Lipinski definition) is 4. The first-order chi connectivity index (χ1) is 10.2. The van der Waals surface area contributed by atoms with Crippen LogP contribution in [0.5, 0.6) is 0 Å². The lowest BCUT2D eigenvalue weighted by atomic mass is 10.0. The molecule has 0 spiro atoms. The van der Waals surface area contributed by atoms with Gasteiger partial charge in [-0.15, -0.1) is 0 Å². The van der Waals surface area contributed by atoms with Crippen LogP contribution in [-0.2, 0) is 6.54 Å². The van der Waals surface area contributed by atoms with Gasteiger partial charge >= 0.3 is 0 Å². The number of nitrogens with one attached hydrogen (secondary N) is 1. The number of aliphatic hydroxyl groups excluding tert-OH is 1. The highest BCUT2D eigenvalue weighted by molar-refractivity contribution is 5.81. The first-order valence-electron chi connectivity index (χ1n) is 7.64. The summed E-state index contributed by atoms with van der Waals surface area (Å²) in [7, 11) is 1.92. The number of para-hydroxylation sites is 1. The summed E-state index contributed by atoms with van der Waals surface area (Å²) in [6, 6.07) is 10.4. The summed E-state index contributed by atoms with van der Waals surface area (Å²) in [6.45, 7) is 4.79. The average molecular weight is 285 g/mol. The van der Waals surface area contributed by atoms with Gasteiger partial charge in [0.2, 0.25) is 0 Å². The van der Waals surface area contributed by atoms with Crippen LogP contribution in [0.2, 0.25) is 0 Å². The van der Waals surface area contributed by atoms with E-state index in [0.717, 1.165) is 37.4 Å². The molecule has 1 aromatic carbocycles. The Kier molecular flexibility index (Phi) is 4.08. The summed E-state index contributed by atoms with van der Waals surface area (Å²) >= 11 is 0. The number of nitrogens with zero attached hydrogens (tertiary/aromatic N) is 2. The maximum Gasteiger partial charge on any atom is 0.130 e. The molecule has 2 N–H and O–H groups in total. The van der Waals surface area contributed by atoms with Gasteiger partial charge in [-0.05, 0) is 37.9 Å². The molecule has 2 atom stereocenters. The molecule has 1 aliphatic rings. The average Bonchev–Trinajstić information content (AvgIpc) is 2.95. The van der Waals surface area contributed by atoms with Crippen LogP contribution in [0.4, 0.5) is 5.82 Å². The van der Waals surface area contributed by atoms with E-state index in [1.54, 1.807) is 0 Å². The number of rotatable bonds is 4. The van der Waals surface area contributed by atoms with Crippen LogP contribution in [0, 0.1) is 5.92 Å². The summed E-state index contributed by atoms with van der Waals surface area (Å²) in [6.07, 6.45) is 0.863. The van der Waals surface area contributed by atoms with Crippen molar-refractivity contribution >= 4 is 16.7 Å². The zero-order valence-electron chi connectivity index (χ0n) is 12.7. The molecule has 2 unspecified atom stereocenters. The molecule has 1 aliphatic heterocycles. The number of hydrogen-bond donors (Lipinski definition) is 2. The molecule has 0 amide bonds. The molecule has 21 heavy (non-hydrogen) atoms. The molecule has 1 fully saturated rings. The molecule has 2 aromatic rings. The summed E-state index contributed by atoms with van der Waals surface area (Å²) < 4.78 is 0. The van der Waals surface area contributed by atoms with Gasteiger partial charge in [-0.2, -0.15) is 0 Å². The molecule has 0 radical (unpaired) electrons. The second-order valence-electron chi connectivity index (χ2n) is 5.96. The van der Waals surface area contributed by atoms with E-state index in [1.807, 2.05) is 32.2 Å². The molecule has 4 nitrogen and oxygen atoms in total. The van der Waals surface area contributed by atoms with Gasteiger partial charge in [0.05, 0.1) is 11.6 Å². The third-order valence-corrected chi connectivity index (χ3v) is 4.42. The number of fused-ring (bicyclic) bond motifs is 1. The van der Waals surface area contributed by atoms with Crippen LogP contribution < -0.4 is 5.32 Å². The smallest absolute Gasteiger partial charge is 0.130 e. The molecule has 0 saturated carbocycles. The molecule has 3 rings (SSSR count). The lowest BCUT2D eigenvalue weighted by Gasteiger charge is -2.19. The standard InChI is InChI=1S/C17H23N3O/c1-12(21)14-7-8-20(10-14)11-15-9-13-5-3-4-6-16(13)19-17(15)18-2/h3-6,9,12,14,21H,7-8,10-11H2,1-2H3,(H,18,19). The van der Waals surface area contributed by atoms with Crippen LogP contribution in [0.25, 0.3) is 10.9 Å². The van der Waals surface area contributed by atoms with Gasteiger partial charge in [0, 0.05) is 31.1 Å². The van der Waals surface area contributed by atoms with E-state index in [0.29, 0.717) is 5.92 Å². The summed E-state index contributed by atoms with van der Waals surface area (Å²) in [5, 5.41) is 14.1. The Hall–Kier alpha value is -1.65. The molecule has 0 bridgehead atoms. The minimum absolute atomic E-state index is 0.214. The quantitative estimate of drug-likeness (QED) is 0.906. The molecule has 1 aromatic heterocycles. The predicted molar refractivity (Wildman–Crippen MR) is 86.4 cm³/mol. The van der Waals surface area contributed by atoms with Crippen molar-refractivity contribution in [1.82, 2.24) is 9.88 Å². The fourth-order valence-electron chi connectivity index (χ4n) is 3.14. The number of aliphatic hydroxyl groups is 1. The molecule has 112 valence electrons. The van der Waals surface area contributed by atoms with Crippen molar-refractivity contribution in [3.63, 3.8) is 0 Å². The molecule has 1 saturated heterocycles. The highest BCUT2D eigenvalue weighted by atomic mass is 16.3. The monoisotopic (exact) mass is 285 g/mol. The minimum atomic E-state index is -0.214. The van der Waals surface area contributed by atoms with Crippen LogP contribution >= 0.6 is 0 Å². The first kappa shape index (κ1) is 14.3. The number of likely N-dealkylation sites (tertiary alicyclic amines) is 1. The summed E-state index contributed by atoms with van der Waals surface area (Å²) in [5.41, 5.74) is 2.25. The molecular formula is C17H23N3O. The van der Waals surface area contributed by atoms with Crippen molar-refractivity contribution in [2.24, 2.45) is 5.92 Å². The van der Waals surface area contributed by atoms with Crippen LogP contribution in [0.3, 0.4) is 0 Å². The maximum absolute atomic E-state index is 9.73. The van der Waals surface area contributed by atoms with E-state index in [9.17, 15) is 5.11 Å². The molecule has 0 aliphatic carbocycles. The highest BCUT2D eigenvalue weighted by Gasteiger charge is 2.26. The molecule has 4 heteroatoms. The third-order valence-electron chi connectivity index (χ3n) is 4.42. The van der Waals surface area contributed by atoms with Crippen LogP contribution in [-0.4, -0.2) is 41.2 Å². The van der Waals surface area contributed by atoms with Gasteiger partial charge in [-0.3, -0.25) is 4.90 Å². The number of anilines is 1. The Bertz CT molecular complexity index is 626. The van der Waals surface area contributed by atoms with Crippen molar-refractivity contribution in [1.29, 1.82) is 0 Å². The largest absolute Gasteiger partial charge is 0.393 e. The lowest BCUT2D eigenvalue weighted by molar-refractivity contribution is 0.127. The van der Waals surface area contributed by atoms with Crippen molar-refractivity contribution in [3.8, 4) is 0 Å². The van der Waals surface area contributed by atoms with Gasteiger partial charge in [-0.25, -0.2) is 4.98 Å².